The first kappa shape index (κ1) is 25.3. The number of benzene rings is 2. The number of hydrogen-bond donors (Lipinski definition) is 2. The van der Waals surface area contributed by atoms with Crippen molar-refractivity contribution >= 4 is 48.0 Å². The van der Waals surface area contributed by atoms with Gasteiger partial charge in [-0.05, 0) is 32.6 Å². The van der Waals surface area contributed by atoms with Gasteiger partial charge in [0, 0.05) is 12.6 Å². The number of methoxy groups -OCH3 is 1. The zero-order chi connectivity index (χ0) is 18.6. The first-order valence-electron chi connectivity index (χ1n) is 7.97. The molecule has 27 heavy (non-hydrogen) atoms. The maximum absolute atomic E-state index is 12.6. The van der Waals surface area contributed by atoms with E-state index in [1.165, 1.54) is 18.7 Å². The molecule has 0 aliphatic rings. The summed E-state index contributed by atoms with van der Waals surface area (Å²) in [6.07, 6.45) is 0. The lowest BCUT2D eigenvalue weighted by atomic mass is 10.0. The van der Waals surface area contributed by atoms with Gasteiger partial charge in [0.2, 0.25) is 0 Å². The molecular weight excluding hydrogens is 409 g/mol. The Morgan fingerprint density at radius 3 is 2.33 bits per heavy atom. The standard InChI is InChI=1S/C19H24ClN3O2.2ClH/c1-12-5-7-13(8-6-12)17(23(2)3)11-22-19(24)14-9-15(20)16(21)10-18(14)25-4;;/h5-10,17H,11,21H2,1-4H3,(H,22,24);2*1H. The lowest BCUT2D eigenvalue weighted by Crippen LogP contribution is -2.34. The predicted octanol–water partition coefficient (Wildman–Crippen LogP) is 4.12. The van der Waals surface area contributed by atoms with Crippen molar-refractivity contribution in [2.24, 2.45) is 0 Å². The number of rotatable bonds is 6. The summed E-state index contributed by atoms with van der Waals surface area (Å²) >= 11 is 6.04. The Morgan fingerprint density at radius 1 is 1.22 bits per heavy atom. The summed E-state index contributed by atoms with van der Waals surface area (Å²) in [7, 11) is 5.46. The van der Waals surface area contributed by atoms with Gasteiger partial charge in [-0.15, -0.1) is 24.8 Å². The Hall–Kier alpha value is -1.66. The molecule has 1 unspecified atom stereocenters. The van der Waals surface area contributed by atoms with Crippen LogP contribution in [0.4, 0.5) is 5.69 Å². The molecular formula is C19H26Cl3N3O2. The summed E-state index contributed by atoms with van der Waals surface area (Å²) in [6.45, 7) is 2.51. The Balaban J connectivity index is 0.00000338. The van der Waals surface area contributed by atoms with E-state index in [9.17, 15) is 4.79 Å². The highest BCUT2D eigenvalue weighted by molar-refractivity contribution is 6.33. The number of aryl methyl sites for hydroxylation is 1. The monoisotopic (exact) mass is 433 g/mol. The molecule has 3 N–H and O–H groups in total. The Bertz CT molecular complexity index is 753. The lowest BCUT2D eigenvalue weighted by Gasteiger charge is -2.25. The number of nitrogens with one attached hydrogen (secondary N) is 1. The molecule has 0 aliphatic heterocycles. The van der Waals surface area contributed by atoms with Crippen LogP contribution in [0.15, 0.2) is 36.4 Å². The van der Waals surface area contributed by atoms with Crippen molar-refractivity contribution in [3.8, 4) is 5.75 Å². The number of likely N-dealkylation sites (N-methyl/N-ethyl adjacent to an activating group) is 1. The molecule has 150 valence electrons. The summed E-state index contributed by atoms with van der Waals surface area (Å²) in [5.74, 6) is 0.147. The molecule has 2 rings (SSSR count). The quantitative estimate of drug-likeness (QED) is 0.671. The van der Waals surface area contributed by atoms with Gasteiger partial charge in [-0.3, -0.25) is 4.79 Å². The molecule has 0 aromatic heterocycles. The van der Waals surface area contributed by atoms with Crippen LogP contribution in [0.25, 0.3) is 0 Å². The predicted molar refractivity (Wildman–Crippen MR) is 117 cm³/mol. The molecule has 2 aromatic rings. The van der Waals surface area contributed by atoms with Gasteiger partial charge < -0.3 is 20.7 Å². The zero-order valence-electron chi connectivity index (χ0n) is 15.8. The molecule has 8 heteroatoms. The van der Waals surface area contributed by atoms with Crippen molar-refractivity contribution in [1.29, 1.82) is 0 Å². The number of halogens is 3. The van der Waals surface area contributed by atoms with Crippen molar-refractivity contribution in [2.45, 2.75) is 13.0 Å². The van der Waals surface area contributed by atoms with Crippen molar-refractivity contribution in [2.75, 3.05) is 33.5 Å². The number of carbonyl (C=O) groups is 1. The smallest absolute Gasteiger partial charge is 0.255 e. The number of nitrogens with zero attached hydrogens (tertiary/aromatic N) is 1. The second kappa shape index (κ2) is 11.2. The first-order chi connectivity index (χ1) is 11.8. The Kier molecular flexibility index (Phi) is 10.6. The van der Waals surface area contributed by atoms with Gasteiger partial charge in [0.05, 0.1) is 29.4 Å². The molecule has 5 nitrogen and oxygen atoms in total. The zero-order valence-corrected chi connectivity index (χ0v) is 18.2. The highest BCUT2D eigenvalue weighted by atomic mass is 35.5. The van der Waals surface area contributed by atoms with Crippen LogP contribution in [0.1, 0.15) is 27.5 Å². The number of ether oxygens (including phenoxy) is 1. The summed E-state index contributed by atoms with van der Waals surface area (Å²) < 4.78 is 5.24. The van der Waals surface area contributed by atoms with E-state index in [1.807, 2.05) is 21.0 Å². The number of anilines is 1. The summed E-state index contributed by atoms with van der Waals surface area (Å²) in [5.41, 5.74) is 8.84. The third-order valence-electron chi connectivity index (χ3n) is 4.10. The molecule has 2 aromatic carbocycles. The molecule has 0 radical (unpaired) electrons. The SMILES string of the molecule is COc1cc(N)c(Cl)cc1C(=O)NCC(c1ccc(C)cc1)N(C)C.Cl.Cl. The average Bonchev–Trinajstić information content (AvgIpc) is 2.58. The molecule has 0 aliphatic carbocycles. The largest absolute Gasteiger partial charge is 0.496 e. The molecule has 0 saturated heterocycles. The lowest BCUT2D eigenvalue weighted by molar-refractivity contribution is 0.0939. The van der Waals surface area contributed by atoms with Crippen molar-refractivity contribution in [3.05, 3.63) is 58.1 Å². The van der Waals surface area contributed by atoms with Crippen LogP contribution < -0.4 is 15.8 Å². The molecule has 1 amide bonds. The normalized spacial score (nSPS) is 11.2. The Morgan fingerprint density at radius 2 is 1.81 bits per heavy atom. The van der Waals surface area contributed by atoms with E-state index in [2.05, 4.69) is 34.5 Å². The van der Waals surface area contributed by atoms with Crippen LogP contribution in [0.5, 0.6) is 5.75 Å². The summed E-state index contributed by atoms with van der Waals surface area (Å²) in [6, 6.07) is 11.4. The van der Waals surface area contributed by atoms with Crippen LogP contribution in [0.2, 0.25) is 5.02 Å². The van der Waals surface area contributed by atoms with Gasteiger partial charge in [0.15, 0.2) is 0 Å². The molecule has 0 bridgehead atoms. The molecule has 0 spiro atoms. The van der Waals surface area contributed by atoms with Crippen LogP contribution >= 0.6 is 36.4 Å². The van der Waals surface area contributed by atoms with Crippen LogP contribution in [0, 0.1) is 6.92 Å². The third-order valence-corrected chi connectivity index (χ3v) is 4.43. The first-order valence-corrected chi connectivity index (χ1v) is 8.35. The molecule has 0 heterocycles. The van der Waals surface area contributed by atoms with Crippen LogP contribution in [-0.2, 0) is 0 Å². The minimum absolute atomic E-state index is 0. The van der Waals surface area contributed by atoms with E-state index in [-0.39, 0.29) is 36.8 Å². The maximum atomic E-state index is 12.6. The van der Waals surface area contributed by atoms with Gasteiger partial charge in [0.1, 0.15) is 5.75 Å². The van der Waals surface area contributed by atoms with Gasteiger partial charge >= 0.3 is 0 Å². The van der Waals surface area contributed by atoms with Crippen LogP contribution in [0.3, 0.4) is 0 Å². The van der Waals surface area contributed by atoms with Crippen molar-refractivity contribution in [3.63, 3.8) is 0 Å². The van der Waals surface area contributed by atoms with E-state index in [0.717, 1.165) is 5.56 Å². The van der Waals surface area contributed by atoms with Gasteiger partial charge in [-0.1, -0.05) is 41.4 Å². The molecule has 0 fully saturated rings. The summed E-state index contributed by atoms with van der Waals surface area (Å²) in [4.78, 5) is 14.7. The van der Waals surface area contributed by atoms with E-state index in [4.69, 9.17) is 22.1 Å². The van der Waals surface area contributed by atoms with E-state index in [0.29, 0.717) is 28.6 Å². The fourth-order valence-electron chi connectivity index (χ4n) is 2.59. The van der Waals surface area contributed by atoms with Crippen molar-refractivity contribution in [1.82, 2.24) is 10.2 Å². The average molecular weight is 435 g/mol. The second-order valence-corrected chi connectivity index (χ2v) is 6.58. The minimum Gasteiger partial charge on any atom is -0.496 e. The fraction of sp³-hybridized carbons (Fsp3) is 0.316. The molecule has 1 atom stereocenters. The number of hydrogen-bond acceptors (Lipinski definition) is 4. The number of amides is 1. The number of nitrogens with two attached hydrogens (primary N) is 1. The van der Waals surface area contributed by atoms with Crippen molar-refractivity contribution < 1.29 is 9.53 Å². The number of carbonyl (C=O) groups excluding carboxylic acids is 1. The Labute approximate surface area is 178 Å². The fourth-order valence-corrected chi connectivity index (χ4v) is 2.75. The second-order valence-electron chi connectivity index (χ2n) is 6.17. The summed E-state index contributed by atoms with van der Waals surface area (Å²) in [5, 5.41) is 3.28. The van der Waals surface area contributed by atoms with Crippen LogP contribution in [-0.4, -0.2) is 38.6 Å². The van der Waals surface area contributed by atoms with E-state index in [1.54, 1.807) is 6.07 Å². The third kappa shape index (κ3) is 6.47. The maximum Gasteiger partial charge on any atom is 0.255 e. The van der Waals surface area contributed by atoms with Gasteiger partial charge in [0.25, 0.3) is 5.91 Å². The van der Waals surface area contributed by atoms with E-state index >= 15 is 0 Å². The highest BCUT2D eigenvalue weighted by Gasteiger charge is 2.19. The minimum atomic E-state index is -0.252. The van der Waals surface area contributed by atoms with Gasteiger partial charge in [-0.25, -0.2) is 0 Å². The topological polar surface area (TPSA) is 67.6 Å². The van der Waals surface area contributed by atoms with Gasteiger partial charge in [-0.2, -0.15) is 0 Å². The molecule has 0 saturated carbocycles. The highest BCUT2D eigenvalue weighted by Crippen LogP contribution is 2.29. The van der Waals surface area contributed by atoms with E-state index < -0.39 is 0 Å². The number of nitrogen functional groups attached to an aromatic ring is 1.